The Labute approximate surface area is 80.1 Å². The molecule has 0 aromatic heterocycles. The van der Waals surface area contributed by atoms with Gasteiger partial charge < -0.3 is 5.32 Å². The molecule has 13 heavy (non-hydrogen) atoms. The van der Waals surface area contributed by atoms with Gasteiger partial charge in [0.25, 0.3) is 0 Å². The second-order valence-corrected chi connectivity index (χ2v) is 4.79. The van der Waals surface area contributed by atoms with Crippen LogP contribution in [0, 0.1) is 17.8 Å². The lowest BCUT2D eigenvalue weighted by Gasteiger charge is -2.29. The van der Waals surface area contributed by atoms with E-state index in [1.165, 1.54) is 25.7 Å². The first-order valence-electron chi connectivity index (χ1n) is 5.52. The maximum absolute atomic E-state index is 11.0. The van der Waals surface area contributed by atoms with Crippen molar-refractivity contribution in [1.82, 2.24) is 5.32 Å². The fourth-order valence-corrected chi connectivity index (χ4v) is 2.72. The largest absolute Gasteiger partial charge is 0.356 e. The predicted octanol–water partition coefficient (Wildman–Crippen LogP) is 1.95. The molecule has 1 heterocycles. The van der Waals surface area contributed by atoms with E-state index >= 15 is 0 Å². The van der Waals surface area contributed by atoms with Gasteiger partial charge in [-0.2, -0.15) is 0 Å². The molecule has 0 aromatic carbocycles. The number of hydrogen-bond acceptors (Lipinski definition) is 1. The zero-order valence-corrected chi connectivity index (χ0v) is 8.38. The Morgan fingerprint density at radius 1 is 1.15 bits per heavy atom. The number of carbonyl (C=O) groups excluding carboxylic acids is 1. The highest BCUT2D eigenvalue weighted by atomic mass is 16.1. The van der Waals surface area contributed by atoms with Crippen molar-refractivity contribution in [2.45, 2.75) is 39.0 Å². The minimum Gasteiger partial charge on any atom is -0.356 e. The number of nitrogens with one attached hydrogen (secondary N) is 1. The smallest absolute Gasteiger partial charge is 0.220 e. The third-order valence-electron chi connectivity index (χ3n) is 3.74. The fraction of sp³-hybridized carbons (Fsp3) is 0.909. The summed E-state index contributed by atoms with van der Waals surface area (Å²) in [5.74, 6) is 2.67. The molecule has 0 radical (unpaired) electrons. The first-order valence-corrected chi connectivity index (χ1v) is 5.52. The molecule has 74 valence electrons. The van der Waals surface area contributed by atoms with Crippen molar-refractivity contribution in [3.63, 3.8) is 0 Å². The van der Waals surface area contributed by atoms with E-state index in [9.17, 15) is 4.79 Å². The van der Waals surface area contributed by atoms with Gasteiger partial charge in [0.05, 0.1) is 0 Å². The Balaban J connectivity index is 1.84. The third-order valence-corrected chi connectivity index (χ3v) is 3.74. The Morgan fingerprint density at radius 3 is 2.38 bits per heavy atom. The summed E-state index contributed by atoms with van der Waals surface area (Å²) in [5.41, 5.74) is 0. The summed E-state index contributed by atoms with van der Waals surface area (Å²) in [5, 5.41) is 2.94. The summed E-state index contributed by atoms with van der Waals surface area (Å²) >= 11 is 0. The molecule has 2 rings (SSSR count). The van der Waals surface area contributed by atoms with Gasteiger partial charge in [0.15, 0.2) is 0 Å². The van der Waals surface area contributed by atoms with Crippen molar-refractivity contribution in [3.8, 4) is 0 Å². The quantitative estimate of drug-likeness (QED) is 0.658. The van der Waals surface area contributed by atoms with Crippen molar-refractivity contribution in [2.24, 2.45) is 17.8 Å². The van der Waals surface area contributed by atoms with Gasteiger partial charge in [0, 0.05) is 13.0 Å². The molecule has 2 heteroatoms. The van der Waals surface area contributed by atoms with Gasteiger partial charge in [-0.05, 0) is 30.6 Å². The van der Waals surface area contributed by atoms with Crippen molar-refractivity contribution < 1.29 is 4.79 Å². The molecule has 0 bridgehead atoms. The SMILES string of the molecule is CC1CCC(C2CNC(=O)C2)CC1. The molecule has 1 aliphatic carbocycles. The van der Waals surface area contributed by atoms with Crippen molar-refractivity contribution >= 4 is 5.91 Å². The summed E-state index contributed by atoms with van der Waals surface area (Å²) in [4.78, 5) is 11.0. The van der Waals surface area contributed by atoms with Crippen LogP contribution in [0.1, 0.15) is 39.0 Å². The average Bonchev–Trinajstić information content (AvgIpc) is 2.53. The topological polar surface area (TPSA) is 29.1 Å². The van der Waals surface area contributed by atoms with Gasteiger partial charge in [-0.3, -0.25) is 4.79 Å². The summed E-state index contributed by atoms with van der Waals surface area (Å²) in [6, 6.07) is 0. The second kappa shape index (κ2) is 3.69. The first-order chi connectivity index (χ1) is 6.25. The standard InChI is InChI=1S/C11H19NO/c1-8-2-4-9(5-3-8)10-6-11(13)12-7-10/h8-10H,2-7H2,1H3,(H,12,13). The Hall–Kier alpha value is -0.530. The van der Waals surface area contributed by atoms with Crippen LogP contribution < -0.4 is 5.32 Å². The van der Waals surface area contributed by atoms with Gasteiger partial charge in [-0.15, -0.1) is 0 Å². The fourth-order valence-electron chi connectivity index (χ4n) is 2.72. The summed E-state index contributed by atoms with van der Waals surface area (Å²) in [6.07, 6.45) is 6.23. The van der Waals surface area contributed by atoms with Gasteiger partial charge in [0.2, 0.25) is 5.91 Å². The molecule has 2 aliphatic rings. The van der Waals surface area contributed by atoms with E-state index in [1.807, 2.05) is 0 Å². The van der Waals surface area contributed by atoms with Crippen LogP contribution >= 0.6 is 0 Å². The lowest BCUT2D eigenvalue weighted by molar-refractivity contribution is -0.119. The third kappa shape index (κ3) is 2.04. The minimum atomic E-state index is 0.267. The molecule has 1 amide bonds. The van der Waals surface area contributed by atoms with E-state index < -0.39 is 0 Å². The van der Waals surface area contributed by atoms with Gasteiger partial charge in [-0.25, -0.2) is 0 Å². The van der Waals surface area contributed by atoms with Crippen molar-refractivity contribution in [3.05, 3.63) is 0 Å². The molecule has 1 unspecified atom stereocenters. The minimum absolute atomic E-state index is 0.267. The van der Waals surface area contributed by atoms with Crippen LogP contribution in [0.3, 0.4) is 0 Å². The van der Waals surface area contributed by atoms with E-state index in [2.05, 4.69) is 12.2 Å². The zero-order chi connectivity index (χ0) is 9.26. The van der Waals surface area contributed by atoms with E-state index in [4.69, 9.17) is 0 Å². The van der Waals surface area contributed by atoms with Crippen LogP contribution in [0.25, 0.3) is 0 Å². The van der Waals surface area contributed by atoms with Crippen LogP contribution in [0.5, 0.6) is 0 Å². The second-order valence-electron chi connectivity index (χ2n) is 4.79. The zero-order valence-electron chi connectivity index (χ0n) is 8.38. The number of carbonyl (C=O) groups is 1. The molecule has 1 saturated heterocycles. The highest BCUT2D eigenvalue weighted by Gasteiger charge is 2.31. The molecule has 2 nitrogen and oxygen atoms in total. The van der Waals surface area contributed by atoms with E-state index in [0.29, 0.717) is 5.92 Å². The molecular formula is C11H19NO. The van der Waals surface area contributed by atoms with E-state index in [-0.39, 0.29) is 5.91 Å². The van der Waals surface area contributed by atoms with Crippen LogP contribution in [0.15, 0.2) is 0 Å². The van der Waals surface area contributed by atoms with Gasteiger partial charge in [0.1, 0.15) is 0 Å². The number of hydrogen-bond donors (Lipinski definition) is 1. The Morgan fingerprint density at radius 2 is 1.85 bits per heavy atom. The van der Waals surface area contributed by atoms with Crippen molar-refractivity contribution in [1.29, 1.82) is 0 Å². The predicted molar refractivity (Wildman–Crippen MR) is 52.2 cm³/mol. The molecule has 1 saturated carbocycles. The van der Waals surface area contributed by atoms with E-state index in [1.54, 1.807) is 0 Å². The summed E-state index contributed by atoms with van der Waals surface area (Å²) in [7, 11) is 0. The lowest BCUT2D eigenvalue weighted by atomic mass is 9.76. The lowest BCUT2D eigenvalue weighted by Crippen LogP contribution is -2.22. The molecule has 2 fully saturated rings. The normalized spacial score (nSPS) is 40.4. The monoisotopic (exact) mass is 181 g/mol. The van der Waals surface area contributed by atoms with Crippen molar-refractivity contribution in [2.75, 3.05) is 6.54 Å². The summed E-state index contributed by atoms with van der Waals surface area (Å²) < 4.78 is 0. The molecule has 1 aliphatic heterocycles. The van der Waals surface area contributed by atoms with Gasteiger partial charge in [-0.1, -0.05) is 19.8 Å². The van der Waals surface area contributed by atoms with Crippen LogP contribution in [-0.2, 0) is 4.79 Å². The van der Waals surface area contributed by atoms with Crippen LogP contribution in [-0.4, -0.2) is 12.5 Å². The number of rotatable bonds is 1. The molecule has 1 N–H and O–H groups in total. The number of amides is 1. The maximum atomic E-state index is 11.0. The molecule has 0 spiro atoms. The first kappa shape index (κ1) is 9.04. The molecule has 1 atom stereocenters. The Bertz CT molecular complexity index is 194. The van der Waals surface area contributed by atoms with E-state index in [0.717, 1.165) is 24.8 Å². The maximum Gasteiger partial charge on any atom is 0.220 e. The van der Waals surface area contributed by atoms with Crippen LogP contribution in [0.4, 0.5) is 0 Å². The summed E-state index contributed by atoms with van der Waals surface area (Å²) in [6.45, 7) is 3.28. The van der Waals surface area contributed by atoms with Crippen LogP contribution in [0.2, 0.25) is 0 Å². The highest BCUT2D eigenvalue weighted by molar-refractivity contribution is 5.78. The molecular weight excluding hydrogens is 162 g/mol. The van der Waals surface area contributed by atoms with Gasteiger partial charge >= 0.3 is 0 Å². The average molecular weight is 181 g/mol. The molecule has 0 aromatic rings. The highest BCUT2D eigenvalue weighted by Crippen LogP contribution is 2.35. The Kier molecular flexibility index (Phi) is 2.56.